The zero-order chi connectivity index (χ0) is 12.1. The molecule has 0 aromatic heterocycles. The Kier molecular flexibility index (Phi) is 5.28. The summed E-state index contributed by atoms with van der Waals surface area (Å²) in [4.78, 5) is 13.0. The molecule has 88 valence electrons. The summed E-state index contributed by atoms with van der Waals surface area (Å²) in [5, 5.41) is 0. The lowest BCUT2D eigenvalue weighted by molar-refractivity contribution is -0.127. The van der Waals surface area contributed by atoms with E-state index < -0.39 is 0 Å². The molecule has 0 aliphatic heterocycles. The molecule has 0 spiro atoms. The number of carbonyl (C=O) groups excluding carboxylic acids is 1. The Balaban J connectivity index is 2.72. The van der Waals surface area contributed by atoms with E-state index >= 15 is 0 Å². The van der Waals surface area contributed by atoms with Crippen LogP contribution < -0.4 is 0 Å². The summed E-state index contributed by atoms with van der Waals surface area (Å²) >= 11 is 4.74. The first-order valence-electron chi connectivity index (χ1n) is 4.71. The van der Waals surface area contributed by atoms with E-state index in [1.165, 1.54) is 22.7 Å². The Bertz CT molecular complexity index is 386. The number of halogens is 2. The first-order valence-corrected chi connectivity index (χ1v) is 6.90. The zero-order valence-corrected chi connectivity index (χ0v) is 11.6. The normalized spacial score (nSPS) is 10.2. The van der Waals surface area contributed by atoms with Crippen molar-refractivity contribution in [1.29, 1.82) is 0 Å². The highest BCUT2D eigenvalue weighted by Gasteiger charge is 2.11. The van der Waals surface area contributed by atoms with Gasteiger partial charge in [-0.25, -0.2) is 4.39 Å². The quantitative estimate of drug-likeness (QED) is 0.852. The zero-order valence-electron chi connectivity index (χ0n) is 9.17. The van der Waals surface area contributed by atoms with Crippen LogP contribution in [0.3, 0.4) is 0 Å². The van der Waals surface area contributed by atoms with Crippen molar-refractivity contribution in [3.63, 3.8) is 0 Å². The van der Waals surface area contributed by atoms with Gasteiger partial charge in [0.05, 0.1) is 5.75 Å². The number of rotatable bonds is 4. The van der Waals surface area contributed by atoms with Gasteiger partial charge < -0.3 is 4.90 Å². The maximum Gasteiger partial charge on any atom is 0.232 e. The third kappa shape index (κ3) is 3.79. The van der Waals surface area contributed by atoms with E-state index in [0.717, 1.165) is 4.47 Å². The predicted octanol–water partition coefficient (Wildman–Crippen LogP) is 2.91. The fourth-order valence-electron chi connectivity index (χ4n) is 1.24. The van der Waals surface area contributed by atoms with Gasteiger partial charge in [0.15, 0.2) is 0 Å². The van der Waals surface area contributed by atoms with Crippen molar-refractivity contribution in [3.05, 3.63) is 34.1 Å². The smallest absolute Gasteiger partial charge is 0.232 e. The molecule has 1 rings (SSSR count). The molecule has 0 unspecified atom stereocenters. The van der Waals surface area contributed by atoms with Crippen LogP contribution in [0.15, 0.2) is 22.7 Å². The second-order valence-electron chi connectivity index (χ2n) is 3.42. The third-order valence-corrected chi connectivity index (χ3v) is 3.14. The van der Waals surface area contributed by atoms with Crippen molar-refractivity contribution in [1.82, 2.24) is 4.90 Å². The average molecular weight is 306 g/mol. The minimum absolute atomic E-state index is 0.00637. The van der Waals surface area contributed by atoms with Gasteiger partial charge >= 0.3 is 0 Å². The second kappa shape index (κ2) is 6.25. The van der Waals surface area contributed by atoms with E-state index in [1.54, 1.807) is 19.2 Å². The standard InChI is InChI=1S/C11H13BrFNOS/c1-14(11(15)7-16-2)6-8-5-9(12)3-4-10(8)13/h3-5H,6-7H2,1-2H3. The third-order valence-electron chi connectivity index (χ3n) is 2.11. The number of hydrogen-bond donors (Lipinski definition) is 0. The Labute approximate surface area is 107 Å². The fourth-order valence-corrected chi connectivity index (χ4v) is 2.12. The highest BCUT2D eigenvalue weighted by atomic mass is 79.9. The highest BCUT2D eigenvalue weighted by molar-refractivity contribution is 9.10. The van der Waals surface area contributed by atoms with E-state index in [2.05, 4.69) is 15.9 Å². The van der Waals surface area contributed by atoms with Crippen molar-refractivity contribution in [2.45, 2.75) is 6.54 Å². The van der Waals surface area contributed by atoms with Crippen LogP contribution in [0.5, 0.6) is 0 Å². The molecule has 0 fully saturated rings. The van der Waals surface area contributed by atoms with Crippen LogP contribution in [0.4, 0.5) is 4.39 Å². The van der Waals surface area contributed by atoms with E-state index in [4.69, 9.17) is 0 Å². The van der Waals surface area contributed by atoms with Gasteiger partial charge in [0, 0.05) is 23.6 Å². The molecule has 0 atom stereocenters. The molecule has 0 aliphatic carbocycles. The van der Waals surface area contributed by atoms with Gasteiger partial charge in [-0.15, -0.1) is 0 Å². The van der Waals surface area contributed by atoms with Crippen LogP contribution in [-0.4, -0.2) is 29.9 Å². The topological polar surface area (TPSA) is 20.3 Å². The van der Waals surface area contributed by atoms with Crippen LogP contribution in [0.2, 0.25) is 0 Å². The maximum atomic E-state index is 13.4. The monoisotopic (exact) mass is 305 g/mol. The molecule has 5 heteroatoms. The number of hydrogen-bond acceptors (Lipinski definition) is 2. The van der Waals surface area contributed by atoms with E-state index in [1.807, 2.05) is 6.26 Å². The summed E-state index contributed by atoms with van der Waals surface area (Å²) in [6.07, 6.45) is 1.87. The second-order valence-corrected chi connectivity index (χ2v) is 5.20. The lowest BCUT2D eigenvalue weighted by atomic mass is 10.2. The molecule has 1 amide bonds. The Morgan fingerprint density at radius 2 is 2.25 bits per heavy atom. The number of thioether (sulfide) groups is 1. The molecule has 0 saturated heterocycles. The van der Waals surface area contributed by atoms with Gasteiger partial charge in [-0.05, 0) is 24.5 Å². The molecule has 2 nitrogen and oxygen atoms in total. The number of nitrogens with zero attached hydrogens (tertiary/aromatic N) is 1. The van der Waals surface area contributed by atoms with Crippen molar-refractivity contribution >= 4 is 33.6 Å². The highest BCUT2D eigenvalue weighted by Crippen LogP contribution is 2.17. The van der Waals surface area contributed by atoms with Crippen LogP contribution in [0.1, 0.15) is 5.56 Å². The molecule has 0 saturated carbocycles. The molecule has 0 aliphatic rings. The largest absolute Gasteiger partial charge is 0.341 e. The first kappa shape index (κ1) is 13.5. The van der Waals surface area contributed by atoms with E-state index in [0.29, 0.717) is 17.9 Å². The lowest BCUT2D eigenvalue weighted by Gasteiger charge is -2.17. The molecule has 0 heterocycles. The van der Waals surface area contributed by atoms with Crippen molar-refractivity contribution < 1.29 is 9.18 Å². The van der Waals surface area contributed by atoms with Gasteiger partial charge in [0.25, 0.3) is 0 Å². The molecular weight excluding hydrogens is 293 g/mol. The molecular formula is C11H13BrFNOS. The summed E-state index contributed by atoms with van der Waals surface area (Å²) in [5.41, 5.74) is 0.520. The molecule has 16 heavy (non-hydrogen) atoms. The summed E-state index contributed by atoms with van der Waals surface area (Å²) in [7, 11) is 1.68. The minimum atomic E-state index is -0.285. The summed E-state index contributed by atoms with van der Waals surface area (Å²) in [6.45, 7) is 0.296. The van der Waals surface area contributed by atoms with Gasteiger partial charge in [-0.3, -0.25) is 4.79 Å². The van der Waals surface area contributed by atoms with Gasteiger partial charge in [-0.1, -0.05) is 15.9 Å². The van der Waals surface area contributed by atoms with Crippen LogP contribution in [-0.2, 0) is 11.3 Å². The summed E-state index contributed by atoms with van der Waals surface area (Å²) in [6, 6.07) is 4.73. The average Bonchev–Trinajstić information content (AvgIpc) is 2.23. The first-order chi connectivity index (χ1) is 7.54. The van der Waals surface area contributed by atoms with E-state index in [9.17, 15) is 9.18 Å². The number of carbonyl (C=O) groups is 1. The van der Waals surface area contributed by atoms with Crippen molar-refractivity contribution in [2.75, 3.05) is 19.1 Å². The Morgan fingerprint density at radius 1 is 1.56 bits per heavy atom. The predicted molar refractivity (Wildman–Crippen MR) is 69.0 cm³/mol. The van der Waals surface area contributed by atoms with Crippen LogP contribution >= 0.6 is 27.7 Å². The number of amides is 1. The van der Waals surface area contributed by atoms with Gasteiger partial charge in [0.2, 0.25) is 5.91 Å². The molecule has 1 aromatic rings. The SMILES string of the molecule is CSCC(=O)N(C)Cc1cc(Br)ccc1F. The maximum absolute atomic E-state index is 13.4. The molecule has 0 N–H and O–H groups in total. The lowest BCUT2D eigenvalue weighted by Crippen LogP contribution is -2.28. The summed E-state index contributed by atoms with van der Waals surface area (Å²) < 4.78 is 14.2. The molecule has 0 radical (unpaired) electrons. The molecule has 1 aromatic carbocycles. The van der Waals surface area contributed by atoms with Crippen LogP contribution in [0.25, 0.3) is 0 Å². The van der Waals surface area contributed by atoms with E-state index in [-0.39, 0.29) is 11.7 Å². The number of benzene rings is 1. The van der Waals surface area contributed by atoms with Gasteiger partial charge in [0.1, 0.15) is 5.82 Å². The van der Waals surface area contributed by atoms with Crippen LogP contribution in [0, 0.1) is 5.82 Å². The van der Waals surface area contributed by atoms with Crippen molar-refractivity contribution in [2.24, 2.45) is 0 Å². The Morgan fingerprint density at radius 3 is 2.88 bits per heavy atom. The van der Waals surface area contributed by atoms with Crippen molar-refractivity contribution in [3.8, 4) is 0 Å². The summed E-state index contributed by atoms with van der Waals surface area (Å²) in [5.74, 6) is 0.144. The molecule has 0 bridgehead atoms. The Hall–Kier alpha value is -0.550. The van der Waals surface area contributed by atoms with Gasteiger partial charge in [-0.2, -0.15) is 11.8 Å². The fraction of sp³-hybridized carbons (Fsp3) is 0.364. The minimum Gasteiger partial charge on any atom is -0.341 e.